The summed E-state index contributed by atoms with van der Waals surface area (Å²) in [5, 5.41) is 5.00. The van der Waals surface area contributed by atoms with Gasteiger partial charge in [-0.1, -0.05) is 0 Å². The van der Waals surface area contributed by atoms with Gasteiger partial charge in [0.05, 0.1) is 4.90 Å². The highest BCUT2D eigenvalue weighted by Gasteiger charge is 2.28. The average molecular weight is 430 g/mol. The fraction of sp³-hybridized carbons (Fsp3) is 0.562. The highest BCUT2D eigenvalue weighted by Crippen LogP contribution is 2.15. The van der Waals surface area contributed by atoms with Crippen molar-refractivity contribution in [1.82, 2.24) is 15.4 Å². The van der Waals surface area contributed by atoms with Crippen molar-refractivity contribution in [3.05, 3.63) is 29.8 Å². The van der Waals surface area contributed by atoms with Crippen LogP contribution in [-0.2, 0) is 10.0 Å². The number of nitrogens with one attached hydrogen (secondary N) is 3. The monoisotopic (exact) mass is 429 g/mol. The summed E-state index contributed by atoms with van der Waals surface area (Å²) in [4.78, 5) is 11.6. The third kappa shape index (κ3) is 8.04. The van der Waals surface area contributed by atoms with Gasteiger partial charge >= 0.3 is 6.18 Å². The minimum Gasteiger partial charge on any atom is -0.343 e. The van der Waals surface area contributed by atoms with Crippen molar-refractivity contribution in [2.75, 3.05) is 26.2 Å². The predicted octanol–water partition coefficient (Wildman–Crippen LogP) is 2.07. The summed E-state index contributed by atoms with van der Waals surface area (Å²) in [6.07, 6.45) is -1.63. The smallest absolute Gasteiger partial charge is 0.343 e. The number of alkyl halides is 3. The molecule has 1 atom stereocenters. The minimum atomic E-state index is -4.50. The van der Waals surface area contributed by atoms with Gasteiger partial charge < -0.3 is 10.6 Å². The van der Waals surface area contributed by atoms with Crippen molar-refractivity contribution in [2.45, 2.75) is 30.3 Å². The first-order chi connectivity index (χ1) is 12.2. The van der Waals surface area contributed by atoms with E-state index in [2.05, 4.69) is 10.0 Å². The molecule has 1 aliphatic heterocycles. The number of hydrogen-bond donors (Lipinski definition) is 3. The molecule has 6 nitrogen and oxygen atoms in total. The highest BCUT2D eigenvalue weighted by atomic mass is 35.5. The van der Waals surface area contributed by atoms with E-state index >= 15 is 0 Å². The molecule has 0 radical (unpaired) electrons. The minimum absolute atomic E-state index is 0. The van der Waals surface area contributed by atoms with E-state index in [9.17, 15) is 26.4 Å². The number of sulfonamides is 1. The third-order valence-corrected chi connectivity index (χ3v) is 5.60. The first kappa shape index (κ1) is 23.7. The number of amides is 1. The van der Waals surface area contributed by atoms with Crippen molar-refractivity contribution >= 4 is 28.3 Å². The largest absolute Gasteiger partial charge is 0.405 e. The van der Waals surface area contributed by atoms with E-state index in [1.807, 2.05) is 0 Å². The summed E-state index contributed by atoms with van der Waals surface area (Å²) < 4.78 is 63.3. The van der Waals surface area contributed by atoms with Crippen molar-refractivity contribution < 1.29 is 26.4 Å². The van der Waals surface area contributed by atoms with Gasteiger partial charge in [0.2, 0.25) is 10.0 Å². The molecule has 0 aliphatic carbocycles. The summed E-state index contributed by atoms with van der Waals surface area (Å²) in [6, 6.07) is 4.77. The lowest BCUT2D eigenvalue weighted by molar-refractivity contribution is -0.123. The molecule has 1 aliphatic rings. The number of benzene rings is 1. The Hall–Kier alpha value is -1.36. The molecule has 1 unspecified atom stereocenters. The number of rotatable bonds is 7. The first-order valence-corrected chi connectivity index (χ1v) is 9.81. The van der Waals surface area contributed by atoms with E-state index in [1.165, 1.54) is 24.3 Å². The van der Waals surface area contributed by atoms with Gasteiger partial charge in [-0.05, 0) is 62.5 Å². The van der Waals surface area contributed by atoms with Gasteiger partial charge in [0.25, 0.3) is 5.91 Å². The second-order valence-corrected chi connectivity index (χ2v) is 7.99. The molecule has 2 rings (SSSR count). The van der Waals surface area contributed by atoms with Gasteiger partial charge in [0.15, 0.2) is 0 Å². The maximum atomic E-state index is 12.2. The van der Waals surface area contributed by atoms with Gasteiger partial charge in [0, 0.05) is 12.1 Å². The topological polar surface area (TPSA) is 87.3 Å². The Labute approximate surface area is 162 Å². The maximum Gasteiger partial charge on any atom is 0.405 e. The highest BCUT2D eigenvalue weighted by molar-refractivity contribution is 7.89. The molecule has 1 fully saturated rings. The molecule has 1 heterocycles. The van der Waals surface area contributed by atoms with Crippen LogP contribution in [0.3, 0.4) is 0 Å². The van der Waals surface area contributed by atoms with Crippen LogP contribution in [0, 0.1) is 5.92 Å². The number of piperidine rings is 1. The van der Waals surface area contributed by atoms with E-state index < -0.39 is 28.7 Å². The quantitative estimate of drug-likeness (QED) is 0.619. The third-order valence-electron chi connectivity index (χ3n) is 4.12. The van der Waals surface area contributed by atoms with Gasteiger partial charge in [0.1, 0.15) is 6.54 Å². The van der Waals surface area contributed by atoms with Crippen LogP contribution in [0.25, 0.3) is 0 Å². The zero-order valence-electron chi connectivity index (χ0n) is 14.5. The fourth-order valence-electron chi connectivity index (χ4n) is 2.72. The summed E-state index contributed by atoms with van der Waals surface area (Å²) in [7, 11) is -3.72. The number of carbonyl (C=O) groups excluding carboxylic acids is 1. The second kappa shape index (κ2) is 10.3. The van der Waals surface area contributed by atoms with E-state index in [-0.39, 0.29) is 22.9 Å². The summed E-state index contributed by atoms with van der Waals surface area (Å²) in [5.41, 5.74) is -0.0403. The lowest BCUT2D eigenvalue weighted by Gasteiger charge is -2.22. The molecule has 0 spiro atoms. The Balaban J connectivity index is 0.00000364. The van der Waals surface area contributed by atoms with Gasteiger partial charge in [-0.3, -0.25) is 4.79 Å². The lowest BCUT2D eigenvalue weighted by atomic mass is 9.96. The second-order valence-electron chi connectivity index (χ2n) is 6.22. The lowest BCUT2D eigenvalue weighted by Crippen LogP contribution is -2.34. The Morgan fingerprint density at radius 3 is 2.44 bits per heavy atom. The van der Waals surface area contributed by atoms with Crippen molar-refractivity contribution in [3.8, 4) is 0 Å². The molecule has 11 heteroatoms. The molecule has 0 bridgehead atoms. The summed E-state index contributed by atoms with van der Waals surface area (Å²) in [5.74, 6) is -0.477. The molecule has 1 amide bonds. The number of halogens is 4. The molecular weight excluding hydrogens is 407 g/mol. The molecule has 154 valence electrons. The number of hydrogen-bond acceptors (Lipinski definition) is 4. The van der Waals surface area contributed by atoms with Crippen molar-refractivity contribution in [1.29, 1.82) is 0 Å². The van der Waals surface area contributed by atoms with E-state index in [0.29, 0.717) is 12.5 Å². The fourth-order valence-corrected chi connectivity index (χ4v) is 3.77. The zero-order chi connectivity index (χ0) is 19.2. The standard InChI is InChI=1S/C16H22F3N3O3S.ClH/c17-16(18,19)11-21-15(23)13-3-5-14(6-4-13)26(24,25)22-9-7-12-2-1-8-20-10-12;/h3-6,12,20,22H,1-2,7-11H2,(H,21,23);1H. The van der Waals surface area contributed by atoms with Crippen LogP contribution in [0.15, 0.2) is 29.2 Å². The van der Waals surface area contributed by atoms with Crippen LogP contribution in [0.4, 0.5) is 13.2 Å². The molecule has 1 saturated heterocycles. The van der Waals surface area contributed by atoms with Crippen LogP contribution in [-0.4, -0.2) is 46.7 Å². The average Bonchev–Trinajstić information content (AvgIpc) is 2.60. The maximum absolute atomic E-state index is 12.2. The first-order valence-electron chi connectivity index (χ1n) is 8.33. The van der Waals surface area contributed by atoms with E-state index in [4.69, 9.17) is 0 Å². The van der Waals surface area contributed by atoms with Crippen molar-refractivity contribution in [2.24, 2.45) is 5.92 Å². The van der Waals surface area contributed by atoms with Gasteiger partial charge in [-0.25, -0.2) is 13.1 Å². The Kier molecular flexibility index (Phi) is 9.00. The Bertz CT molecular complexity index is 706. The molecule has 1 aromatic rings. The SMILES string of the molecule is Cl.O=C(NCC(F)(F)F)c1ccc(S(=O)(=O)NCCC2CCCNC2)cc1. The van der Waals surface area contributed by atoms with E-state index in [0.717, 1.165) is 32.4 Å². The normalized spacial score (nSPS) is 17.8. The molecule has 3 N–H and O–H groups in total. The molecule has 0 aromatic heterocycles. The Morgan fingerprint density at radius 1 is 1.22 bits per heavy atom. The summed E-state index contributed by atoms with van der Waals surface area (Å²) in [6.45, 7) is 0.737. The Morgan fingerprint density at radius 2 is 1.89 bits per heavy atom. The molecule has 0 saturated carbocycles. The number of carbonyl (C=O) groups is 1. The van der Waals surface area contributed by atoms with E-state index in [1.54, 1.807) is 5.32 Å². The van der Waals surface area contributed by atoms with Crippen LogP contribution >= 0.6 is 12.4 Å². The predicted molar refractivity (Wildman–Crippen MR) is 97.5 cm³/mol. The van der Waals surface area contributed by atoms with Crippen LogP contribution in [0.5, 0.6) is 0 Å². The van der Waals surface area contributed by atoms with Gasteiger partial charge in [-0.15, -0.1) is 12.4 Å². The van der Waals surface area contributed by atoms with Crippen LogP contribution in [0.2, 0.25) is 0 Å². The van der Waals surface area contributed by atoms with Crippen molar-refractivity contribution in [3.63, 3.8) is 0 Å². The molecular formula is C16H23ClF3N3O3S. The van der Waals surface area contributed by atoms with Crippen LogP contribution in [0.1, 0.15) is 29.6 Å². The molecule has 1 aromatic carbocycles. The van der Waals surface area contributed by atoms with Gasteiger partial charge in [-0.2, -0.15) is 13.2 Å². The summed E-state index contributed by atoms with van der Waals surface area (Å²) >= 11 is 0. The molecule has 27 heavy (non-hydrogen) atoms. The van der Waals surface area contributed by atoms with Crippen LogP contribution < -0.4 is 15.4 Å². The zero-order valence-corrected chi connectivity index (χ0v) is 16.1.